The molecule has 0 aromatic rings. The first kappa shape index (κ1) is 11.4. The van der Waals surface area contributed by atoms with Crippen LogP contribution in [-0.4, -0.2) is 63.9 Å². The van der Waals surface area contributed by atoms with Crippen LogP contribution >= 0.6 is 0 Å². The minimum absolute atomic E-state index is 0.159. The van der Waals surface area contributed by atoms with Gasteiger partial charge in [0.2, 0.25) is 5.91 Å². The van der Waals surface area contributed by atoms with Crippen molar-refractivity contribution in [3.63, 3.8) is 0 Å². The Morgan fingerprint density at radius 3 is 3.00 bits per heavy atom. The van der Waals surface area contributed by atoms with E-state index >= 15 is 0 Å². The second-order valence-electron chi connectivity index (χ2n) is 3.16. The Morgan fingerprint density at radius 2 is 2.29 bits per heavy atom. The van der Waals surface area contributed by atoms with Gasteiger partial charge in [-0.25, -0.2) is 0 Å². The van der Waals surface area contributed by atoms with Gasteiger partial charge in [0.05, 0.1) is 26.4 Å². The molecule has 1 saturated heterocycles. The van der Waals surface area contributed by atoms with E-state index in [2.05, 4.69) is 5.32 Å². The molecule has 0 bridgehead atoms. The van der Waals surface area contributed by atoms with E-state index in [4.69, 9.17) is 9.47 Å². The maximum Gasteiger partial charge on any atom is 0.236 e. The molecule has 5 heteroatoms. The number of rotatable bonds is 6. The first-order chi connectivity index (χ1) is 6.84. The lowest BCUT2D eigenvalue weighted by molar-refractivity contribution is -0.132. The van der Waals surface area contributed by atoms with Gasteiger partial charge < -0.3 is 19.7 Å². The van der Waals surface area contributed by atoms with Gasteiger partial charge in [-0.15, -0.1) is 0 Å². The summed E-state index contributed by atoms with van der Waals surface area (Å²) >= 11 is 0. The van der Waals surface area contributed by atoms with Gasteiger partial charge in [0.25, 0.3) is 0 Å². The van der Waals surface area contributed by atoms with Crippen molar-refractivity contribution >= 4 is 5.91 Å². The van der Waals surface area contributed by atoms with E-state index in [-0.39, 0.29) is 5.91 Å². The highest BCUT2D eigenvalue weighted by Crippen LogP contribution is 1.93. The number of nitrogens with zero attached hydrogens (tertiary/aromatic N) is 1. The molecule has 82 valence electrons. The third-order valence-corrected chi connectivity index (χ3v) is 2.12. The molecular weight excluding hydrogens is 184 g/mol. The Hall–Kier alpha value is -0.650. The van der Waals surface area contributed by atoms with Crippen LogP contribution in [0.3, 0.4) is 0 Å². The van der Waals surface area contributed by atoms with Crippen molar-refractivity contribution in [2.45, 2.75) is 0 Å². The average molecular weight is 202 g/mol. The molecule has 14 heavy (non-hydrogen) atoms. The van der Waals surface area contributed by atoms with Gasteiger partial charge in [-0.2, -0.15) is 0 Å². The van der Waals surface area contributed by atoms with Crippen LogP contribution in [-0.2, 0) is 14.3 Å². The van der Waals surface area contributed by atoms with E-state index in [1.165, 1.54) is 0 Å². The van der Waals surface area contributed by atoms with Crippen molar-refractivity contribution in [3.05, 3.63) is 0 Å². The Bertz CT molecular complexity index is 175. The van der Waals surface area contributed by atoms with Gasteiger partial charge >= 0.3 is 0 Å². The summed E-state index contributed by atoms with van der Waals surface area (Å²) in [5, 5.41) is 3.02. The van der Waals surface area contributed by atoms with Crippen molar-refractivity contribution in [3.8, 4) is 0 Å². The molecule has 5 nitrogen and oxygen atoms in total. The zero-order chi connectivity index (χ0) is 10.2. The topological polar surface area (TPSA) is 50.8 Å². The highest BCUT2D eigenvalue weighted by Gasteiger charge is 2.16. The van der Waals surface area contributed by atoms with Crippen LogP contribution in [0, 0.1) is 0 Å². The van der Waals surface area contributed by atoms with Crippen molar-refractivity contribution in [2.24, 2.45) is 0 Å². The number of nitrogens with one attached hydrogen (secondary N) is 1. The third-order valence-electron chi connectivity index (χ3n) is 2.12. The fourth-order valence-corrected chi connectivity index (χ4v) is 1.30. The second-order valence-corrected chi connectivity index (χ2v) is 3.16. The fourth-order valence-electron chi connectivity index (χ4n) is 1.30. The Kier molecular flexibility index (Phi) is 5.51. The lowest BCUT2D eigenvalue weighted by Crippen LogP contribution is -2.49. The number of hydrogen-bond acceptors (Lipinski definition) is 4. The molecule has 0 aromatic carbocycles. The van der Waals surface area contributed by atoms with E-state index in [1.807, 2.05) is 4.90 Å². The lowest BCUT2D eigenvalue weighted by Gasteiger charge is -2.27. The maximum absolute atomic E-state index is 11.3. The molecule has 0 radical (unpaired) electrons. The summed E-state index contributed by atoms with van der Waals surface area (Å²) in [6, 6.07) is 0. The first-order valence-corrected chi connectivity index (χ1v) is 4.90. The minimum atomic E-state index is 0.159. The van der Waals surface area contributed by atoms with Gasteiger partial charge in [-0.05, 0) is 0 Å². The molecule has 1 amide bonds. The van der Waals surface area contributed by atoms with Crippen LogP contribution in [0.2, 0.25) is 0 Å². The molecule has 1 N–H and O–H groups in total. The highest BCUT2D eigenvalue weighted by molar-refractivity contribution is 5.78. The quantitative estimate of drug-likeness (QED) is 0.566. The fraction of sp³-hybridized carbons (Fsp3) is 0.889. The van der Waals surface area contributed by atoms with Crippen molar-refractivity contribution in [1.82, 2.24) is 10.2 Å². The van der Waals surface area contributed by atoms with Crippen LogP contribution in [0.25, 0.3) is 0 Å². The first-order valence-electron chi connectivity index (χ1n) is 4.90. The zero-order valence-corrected chi connectivity index (χ0v) is 8.62. The molecule has 0 spiro atoms. The van der Waals surface area contributed by atoms with Crippen LogP contribution in [0.4, 0.5) is 0 Å². The Morgan fingerprint density at radius 1 is 1.43 bits per heavy atom. The van der Waals surface area contributed by atoms with Gasteiger partial charge in [-0.1, -0.05) is 0 Å². The molecule has 1 rings (SSSR count). The van der Waals surface area contributed by atoms with Gasteiger partial charge in [-0.3, -0.25) is 4.79 Å². The van der Waals surface area contributed by atoms with Crippen LogP contribution in [0.5, 0.6) is 0 Å². The molecule has 0 aliphatic carbocycles. The highest BCUT2D eigenvalue weighted by atomic mass is 16.5. The molecule has 0 unspecified atom stereocenters. The van der Waals surface area contributed by atoms with Crippen molar-refractivity contribution in [1.29, 1.82) is 0 Å². The minimum Gasteiger partial charge on any atom is -0.382 e. The predicted molar refractivity (Wildman–Crippen MR) is 52.1 cm³/mol. The number of carbonyl (C=O) groups excluding carboxylic acids is 1. The summed E-state index contributed by atoms with van der Waals surface area (Å²) in [7, 11) is 1.64. The van der Waals surface area contributed by atoms with E-state index in [0.29, 0.717) is 32.9 Å². The van der Waals surface area contributed by atoms with E-state index < -0.39 is 0 Å². The van der Waals surface area contributed by atoms with E-state index in [0.717, 1.165) is 13.1 Å². The molecule has 0 aromatic heterocycles. The summed E-state index contributed by atoms with van der Waals surface area (Å²) in [5.74, 6) is 0.159. The number of ether oxygens (including phenoxy) is 2. The molecule has 0 atom stereocenters. The molecule has 1 aliphatic heterocycles. The Balaban J connectivity index is 2.02. The van der Waals surface area contributed by atoms with E-state index in [1.54, 1.807) is 7.11 Å². The number of methoxy groups -OCH3 is 1. The van der Waals surface area contributed by atoms with Gasteiger partial charge in [0.1, 0.15) is 0 Å². The second kappa shape index (κ2) is 6.75. The molecule has 1 heterocycles. The third kappa shape index (κ3) is 4.04. The van der Waals surface area contributed by atoms with E-state index in [9.17, 15) is 4.79 Å². The SMILES string of the molecule is COCCOCCN1CCNCC1=O. The number of carbonyl (C=O) groups is 1. The smallest absolute Gasteiger partial charge is 0.236 e. The standard InChI is InChI=1S/C9H18N2O3/c1-13-6-7-14-5-4-11-3-2-10-8-9(11)12/h10H,2-8H2,1H3. The maximum atomic E-state index is 11.3. The largest absolute Gasteiger partial charge is 0.382 e. The average Bonchev–Trinajstić information content (AvgIpc) is 2.20. The number of amides is 1. The predicted octanol–water partition coefficient (Wildman–Crippen LogP) is -0.919. The Labute approximate surface area is 84.4 Å². The van der Waals surface area contributed by atoms with Crippen molar-refractivity contribution in [2.75, 3.05) is 53.1 Å². The summed E-state index contributed by atoms with van der Waals surface area (Å²) < 4.78 is 10.1. The summed E-state index contributed by atoms with van der Waals surface area (Å²) in [5.41, 5.74) is 0. The number of hydrogen-bond donors (Lipinski definition) is 1. The molecular formula is C9H18N2O3. The summed E-state index contributed by atoms with van der Waals surface area (Å²) in [6.45, 7) is 4.60. The zero-order valence-electron chi connectivity index (χ0n) is 8.62. The van der Waals surface area contributed by atoms with Crippen LogP contribution in [0.15, 0.2) is 0 Å². The summed E-state index contributed by atoms with van der Waals surface area (Å²) in [4.78, 5) is 13.1. The number of piperazine rings is 1. The monoisotopic (exact) mass is 202 g/mol. The molecule has 1 aliphatic rings. The summed E-state index contributed by atoms with van der Waals surface area (Å²) in [6.07, 6.45) is 0. The van der Waals surface area contributed by atoms with Crippen LogP contribution < -0.4 is 5.32 Å². The lowest BCUT2D eigenvalue weighted by atomic mass is 10.3. The van der Waals surface area contributed by atoms with Crippen molar-refractivity contribution < 1.29 is 14.3 Å². The van der Waals surface area contributed by atoms with Gasteiger partial charge in [0.15, 0.2) is 0 Å². The van der Waals surface area contributed by atoms with Crippen LogP contribution in [0.1, 0.15) is 0 Å². The molecule has 0 saturated carbocycles. The normalized spacial score (nSPS) is 17.5. The molecule has 1 fully saturated rings. The van der Waals surface area contributed by atoms with Gasteiger partial charge in [0, 0.05) is 26.7 Å².